The highest BCUT2D eigenvalue weighted by Gasteiger charge is 2.22. The van der Waals surface area contributed by atoms with Crippen molar-refractivity contribution in [1.29, 1.82) is 0 Å². The second-order valence-electron chi connectivity index (χ2n) is 5.62. The number of hydrogen-bond acceptors (Lipinski definition) is 3. The molecular weight excluding hydrogens is 262 g/mol. The molecule has 0 aromatic carbocycles. The smallest absolute Gasteiger partial charge is 0.272 e. The van der Waals surface area contributed by atoms with Gasteiger partial charge in [-0.2, -0.15) is 0 Å². The van der Waals surface area contributed by atoms with E-state index in [-0.39, 0.29) is 5.91 Å². The molecule has 3 heterocycles. The summed E-state index contributed by atoms with van der Waals surface area (Å²) in [4.78, 5) is 23.0. The number of amides is 1. The molecule has 0 aliphatic carbocycles. The van der Waals surface area contributed by atoms with E-state index in [1.54, 1.807) is 18.5 Å². The topological polar surface area (TPSA) is 46.1 Å². The zero-order valence-corrected chi connectivity index (χ0v) is 12.2. The van der Waals surface area contributed by atoms with Crippen LogP contribution in [0.2, 0.25) is 0 Å². The largest absolute Gasteiger partial charge is 0.337 e. The minimum absolute atomic E-state index is 0.0396. The van der Waals surface area contributed by atoms with Gasteiger partial charge in [0, 0.05) is 31.0 Å². The molecule has 1 saturated heterocycles. The van der Waals surface area contributed by atoms with Crippen molar-refractivity contribution in [2.24, 2.45) is 5.92 Å². The van der Waals surface area contributed by atoms with Crippen LogP contribution < -0.4 is 0 Å². The maximum Gasteiger partial charge on any atom is 0.272 e. The van der Waals surface area contributed by atoms with Crippen molar-refractivity contribution in [2.75, 3.05) is 13.1 Å². The van der Waals surface area contributed by atoms with Gasteiger partial charge in [0.1, 0.15) is 5.69 Å². The highest BCUT2D eigenvalue weighted by molar-refractivity contribution is 5.92. The number of aromatic nitrogens is 2. The first-order valence-electron chi connectivity index (χ1n) is 7.41. The van der Waals surface area contributed by atoms with Gasteiger partial charge in [0.25, 0.3) is 5.91 Å². The molecule has 108 valence electrons. The SMILES string of the molecule is CC1CCN(C(=O)c2cccc(-c3ccncc3)n2)CC1. The van der Waals surface area contributed by atoms with Gasteiger partial charge >= 0.3 is 0 Å². The Balaban J connectivity index is 1.81. The molecule has 0 saturated carbocycles. The summed E-state index contributed by atoms with van der Waals surface area (Å²) < 4.78 is 0. The summed E-state index contributed by atoms with van der Waals surface area (Å²) in [6.45, 7) is 3.91. The van der Waals surface area contributed by atoms with Crippen molar-refractivity contribution in [3.63, 3.8) is 0 Å². The third kappa shape index (κ3) is 3.10. The lowest BCUT2D eigenvalue weighted by molar-refractivity contribution is 0.0691. The molecule has 1 fully saturated rings. The standard InChI is InChI=1S/C17H19N3O/c1-13-7-11-20(12-8-13)17(21)16-4-2-3-15(19-16)14-5-9-18-10-6-14/h2-6,9-10,13H,7-8,11-12H2,1H3. The number of hydrogen-bond donors (Lipinski definition) is 0. The van der Waals surface area contributed by atoms with Gasteiger partial charge in [-0.25, -0.2) is 4.98 Å². The van der Waals surface area contributed by atoms with Crippen LogP contribution in [0.25, 0.3) is 11.3 Å². The van der Waals surface area contributed by atoms with Gasteiger partial charge in [-0.05, 0) is 43.0 Å². The van der Waals surface area contributed by atoms with Crippen LogP contribution in [0.4, 0.5) is 0 Å². The van der Waals surface area contributed by atoms with Crippen LogP contribution in [0.3, 0.4) is 0 Å². The summed E-state index contributed by atoms with van der Waals surface area (Å²) in [6, 6.07) is 9.41. The summed E-state index contributed by atoms with van der Waals surface area (Å²) in [5.41, 5.74) is 2.32. The summed E-state index contributed by atoms with van der Waals surface area (Å²) in [7, 11) is 0. The zero-order valence-electron chi connectivity index (χ0n) is 12.2. The van der Waals surface area contributed by atoms with Crippen LogP contribution in [0, 0.1) is 5.92 Å². The lowest BCUT2D eigenvalue weighted by atomic mass is 9.99. The van der Waals surface area contributed by atoms with Crippen LogP contribution in [0.15, 0.2) is 42.7 Å². The average Bonchev–Trinajstić information content (AvgIpc) is 2.56. The molecule has 1 aliphatic heterocycles. The predicted molar refractivity (Wildman–Crippen MR) is 81.8 cm³/mol. The number of piperidine rings is 1. The normalized spacial score (nSPS) is 16.0. The number of carbonyl (C=O) groups is 1. The van der Waals surface area contributed by atoms with E-state index >= 15 is 0 Å². The number of nitrogens with zero attached hydrogens (tertiary/aromatic N) is 3. The van der Waals surface area contributed by atoms with E-state index in [0.717, 1.165) is 37.2 Å². The molecule has 21 heavy (non-hydrogen) atoms. The maximum absolute atomic E-state index is 12.5. The first kappa shape index (κ1) is 13.7. The summed E-state index contributed by atoms with van der Waals surface area (Å²) in [5.74, 6) is 0.753. The predicted octanol–water partition coefficient (Wildman–Crippen LogP) is 3.02. The lowest BCUT2D eigenvalue weighted by Gasteiger charge is -2.30. The Morgan fingerprint density at radius 2 is 1.86 bits per heavy atom. The molecule has 4 heteroatoms. The average molecular weight is 281 g/mol. The van der Waals surface area contributed by atoms with Crippen molar-refractivity contribution in [2.45, 2.75) is 19.8 Å². The maximum atomic E-state index is 12.5. The molecule has 4 nitrogen and oxygen atoms in total. The minimum atomic E-state index is 0.0396. The van der Waals surface area contributed by atoms with Crippen molar-refractivity contribution in [1.82, 2.24) is 14.9 Å². The monoisotopic (exact) mass is 281 g/mol. The molecule has 2 aromatic heterocycles. The van der Waals surface area contributed by atoms with Crippen LogP contribution in [0.5, 0.6) is 0 Å². The molecule has 0 N–H and O–H groups in total. The van der Waals surface area contributed by atoms with E-state index in [0.29, 0.717) is 11.6 Å². The van der Waals surface area contributed by atoms with E-state index in [1.807, 2.05) is 29.2 Å². The Morgan fingerprint density at radius 1 is 1.14 bits per heavy atom. The molecule has 2 aromatic rings. The first-order chi connectivity index (χ1) is 10.2. The zero-order chi connectivity index (χ0) is 14.7. The molecule has 1 aliphatic rings. The van der Waals surface area contributed by atoms with Gasteiger partial charge in [0.15, 0.2) is 0 Å². The molecule has 0 atom stereocenters. The molecule has 0 radical (unpaired) electrons. The Morgan fingerprint density at radius 3 is 2.57 bits per heavy atom. The third-order valence-electron chi connectivity index (χ3n) is 4.02. The number of carbonyl (C=O) groups excluding carboxylic acids is 1. The second-order valence-corrected chi connectivity index (χ2v) is 5.62. The first-order valence-corrected chi connectivity index (χ1v) is 7.41. The quantitative estimate of drug-likeness (QED) is 0.850. The van der Waals surface area contributed by atoms with Gasteiger partial charge in [-0.15, -0.1) is 0 Å². The molecule has 3 rings (SSSR count). The Bertz CT molecular complexity index is 619. The van der Waals surface area contributed by atoms with Gasteiger partial charge in [-0.1, -0.05) is 13.0 Å². The van der Waals surface area contributed by atoms with Crippen LogP contribution >= 0.6 is 0 Å². The Hall–Kier alpha value is -2.23. The fourth-order valence-electron chi connectivity index (χ4n) is 2.61. The minimum Gasteiger partial charge on any atom is -0.337 e. The lowest BCUT2D eigenvalue weighted by Crippen LogP contribution is -2.38. The van der Waals surface area contributed by atoms with Crippen LogP contribution in [-0.4, -0.2) is 33.9 Å². The second kappa shape index (κ2) is 6.04. The van der Waals surface area contributed by atoms with Crippen molar-refractivity contribution in [3.05, 3.63) is 48.4 Å². The highest BCUT2D eigenvalue weighted by atomic mass is 16.2. The molecule has 1 amide bonds. The number of pyridine rings is 2. The number of rotatable bonds is 2. The summed E-state index contributed by atoms with van der Waals surface area (Å²) in [5, 5.41) is 0. The highest BCUT2D eigenvalue weighted by Crippen LogP contribution is 2.20. The van der Waals surface area contributed by atoms with Crippen molar-refractivity contribution < 1.29 is 4.79 Å². The van der Waals surface area contributed by atoms with Gasteiger partial charge < -0.3 is 4.90 Å². The van der Waals surface area contributed by atoms with E-state index < -0.39 is 0 Å². The van der Waals surface area contributed by atoms with Gasteiger partial charge in [0.05, 0.1) is 5.69 Å². The molecular formula is C17H19N3O. The third-order valence-corrected chi connectivity index (χ3v) is 4.02. The van der Waals surface area contributed by atoms with Gasteiger partial charge in [-0.3, -0.25) is 9.78 Å². The fraction of sp³-hybridized carbons (Fsp3) is 0.353. The van der Waals surface area contributed by atoms with E-state index in [2.05, 4.69) is 16.9 Å². The molecule has 0 unspecified atom stereocenters. The van der Waals surface area contributed by atoms with E-state index in [4.69, 9.17) is 0 Å². The van der Waals surface area contributed by atoms with E-state index in [9.17, 15) is 4.79 Å². The van der Waals surface area contributed by atoms with Crippen LogP contribution in [-0.2, 0) is 0 Å². The van der Waals surface area contributed by atoms with E-state index in [1.165, 1.54) is 0 Å². The fourth-order valence-corrected chi connectivity index (χ4v) is 2.61. The Kier molecular flexibility index (Phi) is 3.95. The molecule has 0 bridgehead atoms. The Labute approximate surface area is 124 Å². The van der Waals surface area contributed by atoms with Crippen molar-refractivity contribution >= 4 is 5.91 Å². The molecule has 0 spiro atoms. The van der Waals surface area contributed by atoms with Crippen LogP contribution in [0.1, 0.15) is 30.3 Å². The van der Waals surface area contributed by atoms with Crippen molar-refractivity contribution in [3.8, 4) is 11.3 Å². The summed E-state index contributed by atoms with van der Waals surface area (Å²) in [6.07, 6.45) is 5.63. The van der Waals surface area contributed by atoms with Gasteiger partial charge in [0.2, 0.25) is 0 Å². The number of likely N-dealkylation sites (tertiary alicyclic amines) is 1. The summed E-state index contributed by atoms with van der Waals surface area (Å²) >= 11 is 0.